The van der Waals surface area contributed by atoms with Crippen LogP contribution in [0.1, 0.15) is 57.0 Å². The van der Waals surface area contributed by atoms with Gasteiger partial charge in [0.15, 0.2) is 0 Å². The predicted molar refractivity (Wildman–Crippen MR) is 89.6 cm³/mol. The van der Waals surface area contributed by atoms with Crippen LogP contribution in [0.5, 0.6) is 0 Å². The second kappa shape index (κ2) is 7.60. The monoisotopic (exact) mass is 290 g/mol. The van der Waals surface area contributed by atoms with Crippen LogP contribution in [0.2, 0.25) is 0 Å². The van der Waals surface area contributed by atoms with Crippen LogP contribution in [0.3, 0.4) is 0 Å². The van der Waals surface area contributed by atoms with E-state index in [0.717, 1.165) is 25.1 Å². The normalized spacial score (nSPS) is 11.8. The SMILES string of the molecule is CC(C)CN(CCCN)C(=O)c1ccc(C(C)(C)C)cc1. The van der Waals surface area contributed by atoms with Crippen LogP contribution < -0.4 is 5.73 Å². The van der Waals surface area contributed by atoms with Crippen LogP contribution in [-0.4, -0.2) is 30.4 Å². The summed E-state index contributed by atoms with van der Waals surface area (Å²) in [5, 5.41) is 0. The number of carbonyl (C=O) groups excluding carboxylic acids is 1. The highest BCUT2D eigenvalue weighted by Gasteiger charge is 2.18. The molecule has 0 atom stereocenters. The fourth-order valence-corrected chi connectivity index (χ4v) is 2.29. The lowest BCUT2D eigenvalue weighted by Crippen LogP contribution is -2.35. The molecule has 2 N–H and O–H groups in total. The summed E-state index contributed by atoms with van der Waals surface area (Å²) in [5.74, 6) is 0.568. The maximum absolute atomic E-state index is 12.6. The van der Waals surface area contributed by atoms with Crippen molar-refractivity contribution in [2.24, 2.45) is 11.7 Å². The van der Waals surface area contributed by atoms with Crippen LogP contribution in [0.25, 0.3) is 0 Å². The first kappa shape index (κ1) is 17.7. The average Bonchev–Trinajstić information content (AvgIpc) is 2.41. The number of amides is 1. The summed E-state index contributed by atoms with van der Waals surface area (Å²) >= 11 is 0. The molecule has 0 saturated carbocycles. The predicted octanol–water partition coefficient (Wildman–Crippen LogP) is 3.43. The minimum absolute atomic E-state index is 0.109. The minimum atomic E-state index is 0.109. The van der Waals surface area contributed by atoms with E-state index in [4.69, 9.17) is 5.73 Å². The third-order valence-corrected chi connectivity index (χ3v) is 3.50. The first-order chi connectivity index (χ1) is 9.75. The number of hydrogen-bond donors (Lipinski definition) is 1. The Bertz CT molecular complexity index is 443. The van der Waals surface area contributed by atoms with Gasteiger partial charge in [-0.2, -0.15) is 0 Å². The van der Waals surface area contributed by atoms with Gasteiger partial charge in [0.1, 0.15) is 0 Å². The Labute approximate surface area is 129 Å². The Balaban J connectivity index is 2.87. The minimum Gasteiger partial charge on any atom is -0.338 e. The van der Waals surface area contributed by atoms with Crippen LogP contribution in [0.4, 0.5) is 0 Å². The third-order valence-electron chi connectivity index (χ3n) is 3.50. The number of benzene rings is 1. The van der Waals surface area contributed by atoms with E-state index in [1.165, 1.54) is 5.56 Å². The second-order valence-electron chi connectivity index (χ2n) is 7.11. The molecular formula is C18H30N2O. The highest BCUT2D eigenvalue weighted by molar-refractivity contribution is 5.94. The average molecular weight is 290 g/mol. The maximum Gasteiger partial charge on any atom is 0.253 e. The van der Waals surface area contributed by atoms with E-state index >= 15 is 0 Å². The second-order valence-corrected chi connectivity index (χ2v) is 7.11. The molecule has 0 aliphatic carbocycles. The largest absolute Gasteiger partial charge is 0.338 e. The summed E-state index contributed by atoms with van der Waals surface area (Å²) in [6.45, 7) is 12.9. The molecule has 21 heavy (non-hydrogen) atoms. The Kier molecular flexibility index (Phi) is 6.41. The van der Waals surface area contributed by atoms with Crippen LogP contribution in [-0.2, 0) is 5.41 Å². The van der Waals surface area contributed by atoms with Crippen LogP contribution >= 0.6 is 0 Å². The van der Waals surface area contributed by atoms with Gasteiger partial charge in [0, 0.05) is 18.7 Å². The highest BCUT2D eigenvalue weighted by Crippen LogP contribution is 2.22. The standard InChI is InChI=1S/C18H30N2O/c1-14(2)13-20(12-6-11-19)17(21)15-7-9-16(10-8-15)18(3,4)5/h7-10,14H,6,11-13,19H2,1-5H3. The van der Waals surface area contributed by atoms with Gasteiger partial charge >= 0.3 is 0 Å². The summed E-state index contributed by atoms with van der Waals surface area (Å²) in [6, 6.07) is 8.00. The Morgan fingerprint density at radius 3 is 2.19 bits per heavy atom. The molecule has 0 heterocycles. The van der Waals surface area contributed by atoms with Gasteiger partial charge in [-0.25, -0.2) is 0 Å². The summed E-state index contributed by atoms with van der Waals surface area (Å²) in [5.41, 5.74) is 7.70. The molecule has 0 unspecified atom stereocenters. The van der Waals surface area contributed by atoms with Crippen molar-refractivity contribution in [3.05, 3.63) is 35.4 Å². The molecule has 0 aromatic heterocycles. The van der Waals surface area contributed by atoms with Gasteiger partial charge in [-0.3, -0.25) is 4.79 Å². The van der Waals surface area contributed by atoms with Gasteiger partial charge in [0.2, 0.25) is 0 Å². The van der Waals surface area contributed by atoms with E-state index < -0.39 is 0 Å². The molecule has 0 aliphatic heterocycles. The van der Waals surface area contributed by atoms with Crippen molar-refractivity contribution in [2.45, 2.75) is 46.5 Å². The molecule has 0 radical (unpaired) electrons. The summed E-state index contributed by atoms with van der Waals surface area (Å²) in [4.78, 5) is 14.6. The zero-order chi connectivity index (χ0) is 16.0. The van der Waals surface area contributed by atoms with Crippen molar-refractivity contribution in [3.63, 3.8) is 0 Å². The molecule has 1 amide bonds. The van der Waals surface area contributed by atoms with Gasteiger partial charge in [0.25, 0.3) is 5.91 Å². The molecule has 0 aliphatic rings. The molecule has 1 rings (SSSR count). The van der Waals surface area contributed by atoms with Crippen LogP contribution in [0.15, 0.2) is 24.3 Å². The molecule has 0 spiro atoms. The number of nitrogens with two attached hydrogens (primary N) is 1. The van der Waals surface area contributed by atoms with E-state index in [-0.39, 0.29) is 11.3 Å². The quantitative estimate of drug-likeness (QED) is 0.872. The number of rotatable bonds is 6. The van der Waals surface area contributed by atoms with Gasteiger partial charge in [-0.15, -0.1) is 0 Å². The maximum atomic E-state index is 12.6. The first-order valence-corrected chi connectivity index (χ1v) is 7.85. The fourth-order valence-electron chi connectivity index (χ4n) is 2.29. The van der Waals surface area contributed by atoms with Gasteiger partial charge < -0.3 is 10.6 Å². The van der Waals surface area contributed by atoms with E-state index in [9.17, 15) is 4.79 Å². The lowest BCUT2D eigenvalue weighted by Gasteiger charge is -2.25. The first-order valence-electron chi connectivity index (χ1n) is 7.85. The Morgan fingerprint density at radius 2 is 1.76 bits per heavy atom. The van der Waals surface area contributed by atoms with E-state index in [2.05, 4.69) is 46.8 Å². The lowest BCUT2D eigenvalue weighted by molar-refractivity contribution is 0.0735. The van der Waals surface area contributed by atoms with Crippen molar-refractivity contribution >= 4 is 5.91 Å². The van der Waals surface area contributed by atoms with Gasteiger partial charge in [0.05, 0.1) is 0 Å². The lowest BCUT2D eigenvalue weighted by atomic mass is 9.86. The van der Waals surface area contributed by atoms with Crippen molar-refractivity contribution in [3.8, 4) is 0 Å². The number of carbonyl (C=O) groups is 1. The van der Waals surface area contributed by atoms with Crippen molar-refractivity contribution in [1.82, 2.24) is 4.90 Å². The summed E-state index contributed by atoms with van der Waals surface area (Å²) in [7, 11) is 0. The van der Waals surface area contributed by atoms with Gasteiger partial charge in [-0.05, 0) is 42.0 Å². The van der Waals surface area contributed by atoms with E-state index in [1.54, 1.807) is 0 Å². The molecule has 0 bridgehead atoms. The molecule has 0 fully saturated rings. The smallest absolute Gasteiger partial charge is 0.253 e. The van der Waals surface area contributed by atoms with E-state index in [0.29, 0.717) is 12.5 Å². The van der Waals surface area contributed by atoms with Gasteiger partial charge in [-0.1, -0.05) is 46.8 Å². The molecule has 3 heteroatoms. The topological polar surface area (TPSA) is 46.3 Å². The zero-order valence-electron chi connectivity index (χ0n) is 14.1. The van der Waals surface area contributed by atoms with Crippen molar-refractivity contribution in [1.29, 1.82) is 0 Å². The molecule has 3 nitrogen and oxygen atoms in total. The van der Waals surface area contributed by atoms with Crippen molar-refractivity contribution in [2.75, 3.05) is 19.6 Å². The summed E-state index contributed by atoms with van der Waals surface area (Å²) < 4.78 is 0. The van der Waals surface area contributed by atoms with E-state index in [1.807, 2.05) is 17.0 Å². The number of hydrogen-bond acceptors (Lipinski definition) is 2. The zero-order valence-corrected chi connectivity index (χ0v) is 14.1. The molecule has 0 saturated heterocycles. The Hall–Kier alpha value is -1.35. The molecule has 1 aromatic rings. The third kappa shape index (κ3) is 5.50. The van der Waals surface area contributed by atoms with Crippen molar-refractivity contribution < 1.29 is 4.79 Å². The van der Waals surface area contributed by atoms with Crippen LogP contribution in [0, 0.1) is 5.92 Å². The Morgan fingerprint density at radius 1 is 1.19 bits per heavy atom. The molecule has 1 aromatic carbocycles. The fraction of sp³-hybridized carbons (Fsp3) is 0.611. The molecular weight excluding hydrogens is 260 g/mol. The molecule has 118 valence electrons. The highest BCUT2D eigenvalue weighted by atomic mass is 16.2. The summed E-state index contributed by atoms with van der Waals surface area (Å²) in [6.07, 6.45) is 0.846. The number of nitrogens with zero attached hydrogens (tertiary/aromatic N) is 1.